The molecule has 0 atom stereocenters. The Morgan fingerprint density at radius 2 is 2.00 bits per heavy atom. The lowest BCUT2D eigenvalue weighted by Gasteiger charge is -2.03. The lowest BCUT2D eigenvalue weighted by atomic mass is 10.1. The van der Waals surface area contributed by atoms with E-state index in [0.717, 1.165) is 29.1 Å². The monoisotopic (exact) mass is 231 g/mol. The fourth-order valence-corrected chi connectivity index (χ4v) is 1.83. The van der Waals surface area contributed by atoms with Crippen molar-refractivity contribution in [2.75, 3.05) is 13.7 Å². The topological polar surface area (TPSA) is 53.1 Å². The van der Waals surface area contributed by atoms with E-state index in [1.807, 2.05) is 36.0 Å². The molecule has 0 spiro atoms. The number of rotatable bonds is 4. The lowest BCUT2D eigenvalue weighted by Crippen LogP contribution is -2.03. The zero-order chi connectivity index (χ0) is 12.3. The quantitative estimate of drug-likeness (QED) is 0.869. The molecular formula is C13H17N3O. The van der Waals surface area contributed by atoms with Crippen LogP contribution in [0.2, 0.25) is 0 Å². The molecule has 4 nitrogen and oxygen atoms in total. The minimum Gasteiger partial charge on any atom is -0.497 e. The smallest absolute Gasteiger partial charge is 0.118 e. The number of methoxy groups -OCH3 is 1. The van der Waals surface area contributed by atoms with Crippen LogP contribution >= 0.6 is 0 Å². The molecule has 0 saturated carbocycles. The first-order valence-electron chi connectivity index (χ1n) is 5.62. The standard InChI is InChI=1S/C13H17N3O/c1-16-13(9-11(15-16)7-8-14)10-3-5-12(17-2)6-4-10/h3-6,9H,7-8,14H2,1-2H3. The van der Waals surface area contributed by atoms with Crippen molar-refractivity contribution < 1.29 is 4.74 Å². The SMILES string of the molecule is COc1ccc(-c2cc(CCN)nn2C)cc1. The van der Waals surface area contributed by atoms with Gasteiger partial charge in [0.1, 0.15) is 5.75 Å². The van der Waals surface area contributed by atoms with E-state index in [0.29, 0.717) is 6.54 Å². The Bertz CT molecular complexity index is 488. The molecule has 90 valence electrons. The van der Waals surface area contributed by atoms with E-state index in [1.54, 1.807) is 7.11 Å². The second-order valence-corrected chi connectivity index (χ2v) is 3.91. The molecule has 0 saturated heterocycles. The van der Waals surface area contributed by atoms with Crippen molar-refractivity contribution in [3.63, 3.8) is 0 Å². The van der Waals surface area contributed by atoms with E-state index in [9.17, 15) is 0 Å². The van der Waals surface area contributed by atoms with Crippen LogP contribution in [-0.4, -0.2) is 23.4 Å². The number of hydrogen-bond donors (Lipinski definition) is 1. The predicted molar refractivity (Wildman–Crippen MR) is 68.0 cm³/mol. The molecule has 0 fully saturated rings. The maximum atomic E-state index is 5.53. The van der Waals surface area contributed by atoms with Crippen LogP contribution in [0.3, 0.4) is 0 Å². The molecular weight excluding hydrogens is 214 g/mol. The van der Waals surface area contributed by atoms with Gasteiger partial charge in [0.25, 0.3) is 0 Å². The van der Waals surface area contributed by atoms with Gasteiger partial charge in [-0.3, -0.25) is 4.68 Å². The summed E-state index contributed by atoms with van der Waals surface area (Å²) in [5, 5.41) is 4.42. The van der Waals surface area contributed by atoms with Gasteiger partial charge in [-0.05, 0) is 36.9 Å². The fraction of sp³-hybridized carbons (Fsp3) is 0.308. The van der Waals surface area contributed by atoms with Gasteiger partial charge in [0.15, 0.2) is 0 Å². The molecule has 17 heavy (non-hydrogen) atoms. The van der Waals surface area contributed by atoms with Gasteiger partial charge in [0.2, 0.25) is 0 Å². The molecule has 2 rings (SSSR count). The molecule has 0 radical (unpaired) electrons. The Balaban J connectivity index is 2.31. The van der Waals surface area contributed by atoms with Gasteiger partial charge in [-0.1, -0.05) is 0 Å². The van der Waals surface area contributed by atoms with Crippen molar-refractivity contribution in [2.24, 2.45) is 12.8 Å². The summed E-state index contributed by atoms with van der Waals surface area (Å²) in [6.45, 7) is 0.624. The van der Waals surface area contributed by atoms with Crippen molar-refractivity contribution in [2.45, 2.75) is 6.42 Å². The van der Waals surface area contributed by atoms with E-state index in [2.05, 4.69) is 11.2 Å². The van der Waals surface area contributed by atoms with Gasteiger partial charge in [0, 0.05) is 19.0 Å². The third-order valence-electron chi connectivity index (χ3n) is 2.72. The molecule has 1 aromatic carbocycles. The van der Waals surface area contributed by atoms with Crippen LogP contribution in [0.15, 0.2) is 30.3 Å². The van der Waals surface area contributed by atoms with Crippen LogP contribution in [0.4, 0.5) is 0 Å². The van der Waals surface area contributed by atoms with E-state index in [4.69, 9.17) is 10.5 Å². The minimum atomic E-state index is 0.624. The minimum absolute atomic E-state index is 0.624. The molecule has 2 aromatic rings. The maximum Gasteiger partial charge on any atom is 0.118 e. The largest absolute Gasteiger partial charge is 0.497 e. The Labute approximate surface area is 101 Å². The van der Waals surface area contributed by atoms with E-state index < -0.39 is 0 Å². The van der Waals surface area contributed by atoms with Gasteiger partial charge in [-0.25, -0.2) is 0 Å². The third kappa shape index (κ3) is 2.47. The zero-order valence-electron chi connectivity index (χ0n) is 10.2. The maximum absolute atomic E-state index is 5.53. The third-order valence-corrected chi connectivity index (χ3v) is 2.72. The van der Waals surface area contributed by atoms with E-state index in [-0.39, 0.29) is 0 Å². The summed E-state index contributed by atoms with van der Waals surface area (Å²) in [4.78, 5) is 0. The number of nitrogens with two attached hydrogens (primary N) is 1. The Morgan fingerprint density at radius 3 is 2.59 bits per heavy atom. The van der Waals surface area contributed by atoms with Gasteiger partial charge in [0.05, 0.1) is 18.5 Å². The summed E-state index contributed by atoms with van der Waals surface area (Å²) in [7, 11) is 3.61. The molecule has 0 aliphatic rings. The average molecular weight is 231 g/mol. The number of ether oxygens (including phenoxy) is 1. The van der Waals surface area contributed by atoms with Crippen molar-refractivity contribution in [3.8, 4) is 17.0 Å². The highest BCUT2D eigenvalue weighted by molar-refractivity contribution is 5.61. The van der Waals surface area contributed by atoms with Crippen LogP contribution in [0.5, 0.6) is 5.75 Å². The average Bonchev–Trinajstić information content (AvgIpc) is 2.71. The molecule has 0 amide bonds. The summed E-state index contributed by atoms with van der Waals surface area (Å²) < 4.78 is 7.02. The van der Waals surface area contributed by atoms with Gasteiger partial charge < -0.3 is 10.5 Å². The summed E-state index contributed by atoms with van der Waals surface area (Å²) in [6, 6.07) is 10.0. The first kappa shape index (κ1) is 11.7. The van der Waals surface area contributed by atoms with Crippen LogP contribution in [0.25, 0.3) is 11.3 Å². The number of aryl methyl sites for hydroxylation is 1. The number of hydrogen-bond acceptors (Lipinski definition) is 3. The van der Waals surface area contributed by atoms with Gasteiger partial charge in [-0.2, -0.15) is 5.10 Å². The lowest BCUT2D eigenvalue weighted by molar-refractivity contribution is 0.415. The first-order chi connectivity index (χ1) is 8.24. The molecule has 0 bridgehead atoms. The number of nitrogens with zero attached hydrogens (tertiary/aromatic N) is 2. The molecule has 0 aliphatic carbocycles. The molecule has 0 aliphatic heterocycles. The predicted octanol–water partition coefficient (Wildman–Crippen LogP) is 1.60. The molecule has 2 N–H and O–H groups in total. The second kappa shape index (κ2) is 5.01. The van der Waals surface area contributed by atoms with Crippen LogP contribution in [0.1, 0.15) is 5.69 Å². The van der Waals surface area contributed by atoms with Gasteiger partial charge >= 0.3 is 0 Å². The normalized spacial score (nSPS) is 10.5. The van der Waals surface area contributed by atoms with Gasteiger partial charge in [-0.15, -0.1) is 0 Å². The van der Waals surface area contributed by atoms with Crippen molar-refractivity contribution >= 4 is 0 Å². The Morgan fingerprint density at radius 1 is 1.29 bits per heavy atom. The van der Waals surface area contributed by atoms with Crippen molar-refractivity contribution in [1.82, 2.24) is 9.78 Å². The van der Waals surface area contributed by atoms with E-state index in [1.165, 1.54) is 0 Å². The highest BCUT2D eigenvalue weighted by Gasteiger charge is 2.06. The van der Waals surface area contributed by atoms with Crippen molar-refractivity contribution in [3.05, 3.63) is 36.0 Å². The molecule has 1 heterocycles. The first-order valence-corrected chi connectivity index (χ1v) is 5.62. The zero-order valence-corrected chi connectivity index (χ0v) is 10.2. The van der Waals surface area contributed by atoms with E-state index >= 15 is 0 Å². The summed E-state index contributed by atoms with van der Waals surface area (Å²) >= 11 is 0. The second-order valence-electron chi connectivity index (χ2n) is 3.91. The highest BCUT2D eigenvalue weighted by Crippen LogP contribution is 2.22. The molecule has 1 aromatic heterocycles. The summed E-state index contributed by atoms with van der Waals surface area (Å²) in [5.41, 5.74) is 8.78. The van der Waals surface area contributed by atoms with Crippen molar-refractivity contribution in [1.29, 1.82) is 0 Å². The highest BCUT2D eigenvalue weighted by atomic mass is 16.5. The summed E-state index contributed by atoms with van der Waals surface area (Å²) in [6.07, 6.45) is 0.810. The van der Waals surface area contributed by atoms with Crippen LogP contribution < -0.4 is 10.5 Å². The summed E-state index contributed by atoms with van der Waals surface area (Å²) in [5.74, 6) is 0.859. The number of aromatic nitrogens is 2. The van der Waals surface area contributed by atoms with Crippen LogP contribution in [0, 0.1) is 0 Å². The Hall–Kier alpha value is -1.81. The fourth-order valence-electron chi connectivity index (χ4n) is 1.83. The molecule has 0 unspecified atom stereocenters. The number of benzene rings is 1. The Kier molecular flexibility index (Phi) is 3.44. The molecule has 4 heteroatoms. The van der Waals surface area contributed by atoms with Crippen LogP contribution in [-0.2, 0) is 13.5 Å².